The van der Waals surface area contributed by atoms with E-state index in [1.807, 2.05) is 0 Å². The lowest BCUT2D eigenvalue weighted by molar-refractivity contribution is 0.399. The lowest BCUT2D eigenvalue weighted by Crippen LogP contribution is -2.34. The van der Waals surface area contributed by atoms with Crippen molar-refractivity contribution in [2.75, 3.05) is 5.75 Å². The van der Waals surface area contributed by atoms with Gasteiger partial charge in [-0.2, -0.15) is 10.5 Å². The van der Waals surface area contributed by atoms with Crippen LogP contribution in [-0.4, -0.2) is 16.9 Å². The fourth-order valence-corrected chi connectivity index (χ4v) is 3.41. The topological polar surface area (TPSA) is 0 Å². The van der Waals surface area contributed by atoms with Crippen molar-refractivity contribution in [3.05, 3.63) is 0 Å². The van der Waals surface area contributed by atoms with Crippen LogP contribution in [0.3, 0.4) is 0 Å². The summed E-state index contributed by atoms with van der Waals surface area (Å²) in [4.78, 5) is 0. The molecule has 2 unspecified atom stereocenters. The average Bonchev–Trinajstić information content (AvgIpc) is 1.81. The highest BCUT2D eigenvalue weighted by atomic mass is 32.2. The molecule has 0 saturated carbocycles. The normalized spacial score (nSPS) is 42.9. The van der Waals surface area contributed by atoms with E-state index in [1.165, 1.54) is 5.75 Å². The molecule has 0 bridgehead atoms. The molecule has 0 aromatic heterocycles. The second-order valence-corrected chi connectivity index (χ2v) is 5.47. The van der Waals surface area contributed by atoms with Gasteiger partial charge in [-0.15, -0.1) is 0 Å². The van der Waals surface area contributed by atoms with Gasteiger partial charge in [-0.1, -0.05) is 26.6 Å². The van der Waals surface area contributed by atoms with E-state index in [4.69, 9.17) is 0 Å². The monoisotopic (exact) mass is 144 g/mol. The quantitative estimate of drug-likeness (QED) is 0.496. The summed E-state index contributed by atoms with van der Waals surface area (Å²) < 4.78 is 0. The molecule has 0 aromatic carbocycles. The molecule has 0 aliphatic carbocycles. The predicted octanol–water partition coefficient (Wildman–Crippen LogP) is 2.36. The van der Waals surface area contributed by atoms with Crippen LogP contribution >= 0.6 is 10.5 Å². The summed E-state index contributed by atoms with van der Waals surface area (Å²) in [6, 6.07) is 0. The highest BCUT2D eigenvalue weighted by Gasteiger charge is 2.31. The molecule has 9 heavy (non-hydrogen) atoms. The molecule has 1 rings (SSSR count). The van der Waals surface area contributed by atoms with Crippen LogP contribution in [0.4, 0.5) is 0 Å². The zero-order valence-corrected chi connectivity index (χ0v) is 7.37. The molecule has 1 saturated heterocycles. The van der Waals surface area contributed by atoms with Gasteiger partial charge in [-0.05, 0) is 17.6 Å². The Hall–Kier alpha value is 0.220. The van der Waals surface area contributed by atoms with Gasteiger partial charge in [-0.3, -0.25) is 0 Å². The minimum atomic E-state index is 0.513. The van der Waals surface area contributed by atoms with Gasteiger partial charge in [0.05, 0.1) is 0 Å². The molecular weight excluding hydrogens is 128 g/mol. The highest BCUT2D eigenvalue weighted by Crippen LogP contribution is 2.43. The van der Waals surface area contributed by atoms with E-state index in [9.17, 15) is 0 Å². The van der Waals surface area contributed by atoms with Crippen molar-refractivity contribution in [2.24, 2.45) is 11.8 Å². The largest absolute Gasteiger partial charge is 0.190 e. The van der Waals surface area contributed by atoms with Crippen molar-refractivity contribution in [3.8, 4) is 0 Å². The summed E-state index contributed by atoms with van der Waals surface area (Å²) in [6.45, 7) is 6.97. The maximum absolute atomic E-state index is 4.09. The first-order chi connectivity index (χ1) is 4.13. The van der Waals surface area contributed by atoms with Crippen molar-refractivity contribution in [3.63, 3.8) is 0 Å². The minimum Gasteiger partial charge on any atom is -0.190 e. The van der Waals surface area contributed by atoms with Crippen molar-refractivity contribution in [2.45, 2.75) is 26.0 Å². The third kappa shape index (κ3) is 1.21. The first-order valence-corrected chi connectivity index (χ1v) is 5.25. The van der Waals surface area contributed by atoms with E-state index in [2.05, 4.69) is 26.6 Å². The number of hydrogen-bond donors (Lipinski definition) is 0. The Morgan fingerprint density at radius 3 is 2.22 bits per heavy atom. The lowest BCUT2D eigenvalue weighted by Gasteiger charge is -2.40. The van der Waals surface area contributed by atoms with Gasteiger partial charge in [0.25, 0.3) is 0 Å². The molecule has 0 spiro atoms. The molecule has 1 aliphatic rings. The van der Waals surface area contributed by atoms with E-state index < -0.39 is 0 Å². The zero-order valence-electron chi connectivity index (χ0n) is 6.55. The molecular formula is C8H16S. The fourth-order valence-electron chi connectivity index (χ4n) is 1.39. The van der Waals surface area contributed by atoms with E-state index in [1.54, 1.807) is 0 Å². The maximum atomic E-state index is 4.09. The Kier molecular flexibility index (Phi) is 2.00. The van der Waals surface area contributed by atoms with Crippen LogP contribution in [0.5, 0.6) is 0 Å². The molecule has 3 atom stereocenters. The standard InChI is InChI=1S/C8H16S/c1-6(2)8-5-9(4)7(8)3/h6-8H,4-5H2,1-3H3/t7-,8?,9?/m0/s1. The molecule has 1 aliphatic heterocycles. The first kappa shape index (κ1) is 7.33. The molecule has 0 radical (unpaired) electrons. The summed E-state index contributed by atoms with van der Waals surface area (Å²) in [5, 5.41) is 0.907. The van der Waals surface area contributed by atoms with E-state index in [0.717, 1.165) is 17.1 Å². The van der Waals surface area contributed by atoms with Gasteiger partial charge in [0, 0.05) is 5.25 Å². The van der Waals surface area contributed by atoms with Gasteiger partial charge >= 0.3 is 0 Å². The first-order valence-electron chi connectivity index (χ1n) is 3.62. The summed E-state index contributed by atoms with van der Waals surface area (Å²) >= 11 is 0. The third-order valence-corrected chi connectivity index (χ3v) is 4.61. The smallest absolute Gasteiger partial charge is 0.000217 e. The zero-order chi connectivity index (χ0) is 7.02. The van der Waals surface area contributed by atoms with Crippen LogP contribution in [0.2, 0.25) is 0 Å². The Bertz CT molecular complexity index is 127. The minimum absolute atomic E-state index is 0.513. The Morgan fingerprint density at radius 1 is 1.56 bits per heavy atom. The summed E-state index contributed by atoms with van der Waals surface area (Å²) in [5.41, 5.74) is 0. The van der Waals surface area contributed by atoms with Gasteiger partial charge < -0.3 is 0 Å². The lowest BCUT2D eigenvalue weighted by atomic mass is 9.94. The van der Waals surface area contributed by atoms with Crippen molar-refractivity contribution in [1.29, 1.82) is 0 Å². The Labute approximate surface area is 60.6 Å². The van der Waals surface area contributed by atoms with Gasteiger partial charge in [0.15, 0.2) is 0 Å². The van der Waals surface area contributed by atoms with Crippen molar-refractivity contribution >= 4 is 16.4 Å². The highest BCUT2D eigenvalue weighted by molar-refractivity contribution is 8.15. The molecule has 0 N–H and O–H groups in total. The van der Waals surface area contributed by atoms with Crippen LogP contribution in [0, 0.1) is 11.8 Å². The van der Waals surface area contributed by atoms with Crippen LogP contribution in [0.1, 0.15) is 20.8 Å². The van der Waals surface area contributed by atoms with Crippen molar-refractivity contribution in [1.82, 2.24) is 0 Å². The second-order valence-electron chi connectivity index (χ2n) is 3.32. The SMILES string of the molecule is C=S1CC(C(C)C)[C@@H]1C. The van der Waals surface area contributed by atoms with Gasteiger partial charge in [0.1, 0.15) is 0 Å². The van der Waals surface area contributed by atoms with E-state index in [0.29, 0.717) is 10.5 Å². The average molecular weight is 144 g/mol. The predicted molar refractivity (Wildman–Crippen MR) is 47.4 cm³/mol. The molecule has 0 amide bonds. The third-order valence-electron chi connectivity index (χ3n) is 2.39. The van der Waals surface area contributed by atoms with Gasteiger partial charge in [0.2, 0.25) is 0 Å². The van der Waals surface area contributed by atoms with Crippen LogP contribution in [0.25, 0.3) is 0 Å². The molecule has 1 heteroatoms. The van der Waals surface area contributed by atoms with Crippen molar-refractivity contribution < 1.29 is 0 Å². The fraction of sp³-hybridized carbons (Fsp3) is 0.875. The second kappa shape index (κ2) is 2.45. The number of rotatable bonds is 1. The summed E-state index contributed by atoms with van der Waals surface area (Å²) in [5.74, 6) is 7.33. The van der Waals surface area contributed by atoms with Crippen LogP contribution < -0.4 is 0 Å². The molecule has 0 aromatic rings. The summed E-state index contributed by atoms with van der Waals surface area (Å²) in [7, 11) is 0.513. The Balaban J connectivity index is 2.42. The molecule has 1 fully saturated rings. The maximum Gasteiger partial charge on any atom is 0.000217 e. The van der Waals surface area contributed by atoms with E-state index >= 15 is 0 Å². The van der Waals surface area contributed by atoms with Crippen LogP contribution in [0.15, 0.2) is 0 Å². The molecule has 1 heterocycles. The molecule has 54 valence electrons. The van der Waals surface area contributed by atoms with E-state index in [-0.39, 0.29) is 0 Å². The molecule has 0 nitrogen and oxygen atoms in total. The summed E-state index contributed by atoms with van der Waals surface area (Å²) in [6.07, 6.45) is 0. The van der Waals surface area contributed by atoms with Crippen LogP contribution in [-0.2, 0) is 0 Å². The van der Waals surface area contributed by atoms with Gasteiger partial charge in [-0.25, -0.2) is 0 Å². The number of hydrogen-bond acceptors (Lipinski definition) is 0. The Morgan fingerprint density at radius 2 is 2.11 bits per heavy atom.